The van der Waals surface area contributed by atoms with E-state index in [0.29, 0.717) is 22.3 Å². The number of hydrogen-bond donors (Lipinski definition) is 2. The first kappa shape index (κ1) is 21.4. The average Bonchev–Trinajstić information content (AvgIpc) is 2.99. The Morgan fingerprint density at radius 3 is 2.37 bits per heavy atom. The average molecular weight is 513 g/mol. The minimum atomic E-state index is -0.165. The number of carbonyl (C=O) groups is 1. The quantitative estimate of drug-likeness (QED) is 0.413. The zero-order valence-corrected chi connectivity index (χ0v) is 18.9. The summed E-state index contributed by atoms with van der Waals surface area (Å²) < 4.78 is 6.40. The Hall–Kier alpha value is -1.90. The maximum absolute atomic E-state index is 12.5. The molecule has 142 valence electrons. The van der Waals surface area contributed by atoms with Crippen molar-refractivity contribution in [2.75, 3.05) is 17.2 Å². The summed E-state index contributed by atoms with van der Waals surface area (Å²) in [6, 6.07) is 15.1. The Labute approximate surface area is 181 Å². The third-order valence-electron chi connectivity index (χ3n) is 3.52. The van der Waals surface area contributed by atoms with Crippen molar-refractivity contribution in [2.45, 2.75) is 13.8 Å². The van der Waals surface area contributed by atoms with Gasteiger partial charge in [-0.1, -0.05) is 27.3 Å². The second-order valence-corrected chi connectivity index (χ2v) is 7.39. The molecule has 0 bridgehead atoms. The van der Waals surface area contributed by atoms with Gasteiger partial charge in [0, 0.05) is 15.8 Å². The summed E-state index contributed by atoms with van der Waals surface area (Å²) in [4.78, 5) is 17.5. The van der Waals surface area contributed by atoms with Gasteiger partial charge < -0.3 is 15.4 Å². The van der Waals surface area contributed by atoms with Crippen molar-refractivity contribution < 1.29 is 9.53 Å². The highest BCUT2D eigenvalue weighted by molar-refractivity contribution is 9.10. The van der Waals surface area contributed by atoms with Crippen LogP contribution in [-0.2, 0) is 0 Å². The molecule has 2 aromatic carbocycles. The van der Waals surface area contributed by atoms with E-state index in [0.717, 1.165) is 21.6 Å². The number of thiazole rings is 1. The number of nitrogens with one attached hydrogen (secondary N) is 2. The van der Waals surface area contributed by atoms with Crippen molar-refractivity contribution in [1.82, 2.24) is 4.98 Å². The van der Waals surface area contributed by atoms with E-state index in [9.17, 15) is 4.79 Å². The van der Waals surface area contributed by atoms with Crippen LogP contribution in [0, 0.1) is 6.92 Å². The lowest BCUT2D eigenvalue weighted by Gasteiger charge is -2.05. The minimum Gasteiger partial charge on any atom is -0.494 e. The number of amides is 1. The zero-order chi connectivity index (χ0) is 18.5. The Balaban J connectivity index is 0.00000261. The van der Waals surface area contributed by atoms with E-state index >= 15 is 0 Å². The number of benzene rings is 2. The summed E-state index contributed by atoms with van der Waals surface area (Å²) in [5.41, 5.74) is 2.33. The number of hydrogen-bond acceptors (Lipinski definition) is 5. The molecule has 0 unspecified atom stereocenters. The molecule has 3 rings (SSSR count). The van der Waals surface area contributed by atoms with Gasteiger partial charge in [-0.25, -0.2) is 4.98 Å². The molecule has 0 atom stereocenters. The first-order valence-electron chi connectivity index (χ1n) is 8.09. The monoisotopic (exact) mass is 511 g/mol. The Morgan fingerprint density at radius 1 is 1.11 bits per heavy atom. The number of aryl methyl sites for hydroxylation is 1. The number of carbonyl (C=O) groups excluding carboxylic acids is 1. The molecule has 0 aliphatic heterocycles. The van der Waals surface area contributed by atoms with Crippen LogP contribution in [0.3, 0.4) is 0 Å². The van der Waals surface area contributed by atoms with E-state index < -0.39 is 0 Å². The molecule has 1 heterocycles. The number of nitrogens with zero attached hydrogens (tertiary/aromatic N) is 1. The van der Waals surface area contributed by atoms with Crippen LogP contribution in [0.15, 0.2) is 53.0 Å². The molecule has 1 aromatic heterocycles. The smallest absolute Gasteiger partial charge is 0.267 e. The maximum atomic E-state index is 12.5. The van der Waals surface area contributed by atoms with Crippen molar-refractivity contribution in [3.8, 4) is 5.75 Å². The molecule has 0 aliphatic rings. The van der Waals surface area contributed by atoms with Gasteiger partial charge in [0.1, 0.15) is 10.6 Å². The second kappa shape index (κ2) is 9.87. The third-order valence-corrected chi connectivity index (χ3v) is 5.12. The Morgan fingerprint density at radius 2 is 1.74 bits per heavy atom. The second-order valence-electron chi connectivity index (χ2n) is 5.48. The molecule has 0 spiro atoms. The van der Waals surface area contributed by atoms with Crippen LogP contribution >= 0.6 is 44.2 Å². The SMILES string of the molecule is Br.CCOc1ccc(Nc2nc(C)c(C(=O)Nc3ccc(Br)cc3)s2)cc1. The molecular weight excluding hydrogens is 494 g/mol. The Bertz CT molecular complexity index is 896. The lowest BCUT2D eigenvalue weighted by atomic mass is 10.3. The van der Waals surface area contributed by atoms with Gasteiger partial charge in [0.05, 0.1) is 12.3 Å². The number of ether oxygens (including phenoxy) is 1. The van der Waals surface area contributed by atoms with Crippen LogP contribution in [0.1, 0.15) is 22.3 Å². The molecule has 0 fully saturated rings. The fraction of sp³-hybridized carbons (Fsp3) is 0.158. The molecule has 2 N–H and O–H groups in total. The summed E-state index contributed by atoms with van der Waals surface area (Å²) in [7, 11) is 0. The van der Waals surface area contributed by atoms with E-state index in [1.54, 1.807) is 0 Å². The van der Waals surface area contributed by atoms with Crippen molar-refractivity contribution in [1.29, 1.82) is 0 Å². The van der Waals surface area contributed by atoms with E-state index in [1.807, 2.05) is 62.4 Å². The van der Waals surface area contributed by atoms with Crippen LogP contribution < -0.4 is 15.4 Å². The fourth-order valence-corrected chi connectivity index (χ4v) is 3.45. The van der Waals surface area contributed by atoms with Gasteiger partial charge in [-0.3, -0.25) is 4.79 Å². The van der Waals surface area contributed by atoms with Gasteiger partial charge in [-0.05, 0) is 62.4 Å². The molecule has 0 radical (unpaired) electrons. The lowest BCUT2D eigenvalue weighted by Crippen LogP contribution is -2.11. The van der Waals surface area contributed by atoms with Crippen molar-refractivity contribution in [3.63, 3.8) is 0 Å². The summed E-state index contributed by atoms with van der Waals surface area (Å²) in [6.45, 7) is 4.41. The molecule has 0 aliphatic carbocycles. The standard InChI is InChI=1S/C19H18BrN3O2S.BrH/c1-3-25-16-10-8-15(9-11-16)23-19-21-12(2)17(26-19)18(24)22-14-6-4-13(20)5-7-14;/h4-11H,3H2,1-2H3,(H,21,23)(H,22,24);1H. The number of halogens is 2. The largest absolute Gasteiger partial charge is 0.494 e. The predicted molar refractivity (Wildman–Crippen MR) is 120 cm³/mol. The van der Waals surface area contributed by atoms with E-state index in [2.05, 4.69) is 31.5 Å². The first-order valence-corrected chi connectivity index (χ1v) is 9.70. The van der Waals surface area contributed by atoms with Gasteiger partial charge in [0.2, 0.25) is 0 Å². The lowest BCUT2D eigenvalue weighted by molar-refractivity contribution is 0.103. The first-order chi connectivity index (χ1) is 12.5. The molecular formula is C19H19Br2N3O2S. The van der Waals surface area contributed by atoms with Crippen LogP contribution in [0.2, 0.25) is 0 Å². The molecule has 0 saturated heterocycles. The number of aromatic nitrogens is 1. The fourth-order valence-electron chi connectivity index (χ4n) is 2.31. The van der Waals surface area contributed by atoms with Crippen molar-refractivity contribution in [3.05, 3.63) is 63.6 Å². The molecule has 27 heavy (non-hydrogen) atoms. The van der Waals surface area contributed by atoms with Gasteiger partial charge >= 0.3 is 0 Å². The zero-order valence-electron chi connectivity index (χ0n) is 14.8. The summed E-state index contributed by atoms with van der Waals surface area (Å²) in [5.74, 6) is 0.657. The van der Waals surface area contributed by atoms with Gasteiger partial charge in [0.25, 0.3) is 5.91 Å². The van der Waals surface area contributed by atoms with Gasteiger partial charge in [-0.2, -0.15) is 0 Å². The third kappa shape index (κ3) is 5.79. The van der Waals surface area contributed by atoms with E-state index in [1.165, 1.54) is 11.3 Å². The highest BCUT2D eigenvalue weighted by atomic mass is 79.9. The van der Waals surface area contributed by atoms with Crippen LogP contribution in [0.25, 0.3) is 0 Å². The highest BCUT2D eigenvalue weighted by Crippen LogP contribution is 2.27. The molecule has 8 heteroatoms. The summed E-state index contributed by atoms with van der Waals surface area (Å²) in [5, 5.41) is 6.79. The summed E-state index contributed by atoms with van der Waals surface area (Å²) >= 11 is 4.70. The number of rotatable bonds is 6. The highest BCUT2D eigenvalue weighted by Gasteiger charge is 2.15. The van der Waals surface area contributed by atoms with E-state index in [-0.39, 0.29) is 22.9 Å². The topological polar surface area (TPSA) is 63.2 Å². The van der Waals surface area contributed by atoms with Crippen LogP contribution in [0.4, 0.5) is 16.5 Å². The Kier molecular flexibility index (Phi) is 7.82. The predicted octanol–water partition coefficient (Wildman–Crippen LogP) is 6.19. The van der Waals surface area contributed by atoms with E-state index in [4.69, 9.17) is 4.74 Å². The molecule has 1 amide bonds. The maximum Gasteiger partial charge on any atom is 0.267 e. The number of anilines is 3. The minimum absolute atomic E-state index is 0. The van der Waals surface area contributed by atoms with Gasteiger partial charge in [-0.15, -0.1) is 17.0 Å². The van der Waals surface area contributed by atoms with Crippen LogP contribution in [-0.4, -0.2) is 17.5 Å². The van der Waals surface area contributed by atoms with Crippen LogP contribution in [0.5, 0.6) is 5.75 Å². The van der Waals surface area contributed by atoms with Crippen molar-refractivity contribution >= 4 is 66.7 Å². The van der Waals surface area contributed by atoms with Crippen molar-refractivity contribution in [2.24, 2.45) is 0 Å². The normalized spacial score (nSPS) is 10.0. The molecule has 5 nitrogen and oxygen atoms in total. The molecule has 0 saturated carbocycles. The summed E-state index contributed by atoms with van der Waals surface area (Å²) in [6.07, 6.45) is 0. The van der Waals surface area contributed by atoms with Gasteiger partial charge in [0.15, 0.2) is 5.13 Å². The molecule has 3 aromatic rings.